The normalized spacial score (nSPS) is 11.9. The van der Waals surface area contributed by atoms with Crippen molar-refractivity contribution < 1.29 is 18.3 Å². The number of para-hydroxylation sites is 5. The number of anilines is 6. The summed E-state index contributed by atoms with van der Waals surface area (Å²) in [5.74, 6) is 3.69. The van der Waals surface area contributed by atoms with Gasteiger partial charge in [0.25, 0.3) is 27.8 Å². The van der Waals surface area contributed by atoms with Crippen molar-refractivity contribution in [2.45, 2.75) is 92.5 Å². The summed E-state index contributed by atoms with van der Waals surface area (Å²) in [5, 5.41) is 47.9. The van der Waals surface area contributed by atoms with E-state index in [1.165, 1.54) is 12.4 Å². The number of pyridine rings is 7. The van der Waals surface area contributed by atoms with Crippen LogP contribution in [0.25, 0.3) is 82.3 Å². The first-order chi connectivity index (χ1) is 72.2. The van der Waals surface area contributed by atoms with Gasteiger partial charge in [-0.2, -0.15) is 8.42 Å². The lowest BCUT2D eigenvalue weighted by atomic mass is 10.1. The van der Waals surface area contributed by atoms with Crippen LogP contribution in [-0.4, -0.2) is 81.0 Å². The summed E-state index contributed by atoms with van der Waals surface area (Å²) in [6, 6.07) is 89.0. The van der Waals surface area contributed by atoms with E-state index in [-0.39, 0.29) is 68.9 Å². The van der Waals surface area contributed by atoms with E-state index < -0.39 is 33.5 Å². The highest BCUT2D eigenvalue weighted by molar-refractivity contribution is 7.51. The maximum Gasteiger partial charge on any atom is 0.335 e. The van der Waals surface area contributed by atoms with Crippen LogP contribution in [0, 0.1) is 47.9 Å². The molecule has 0 spiro atoms. The van der Waals surface area contributed by atoms with Crippen molar-refractivity contribution in [3.8, 4) is 28.4 Å². The standard InChI is InChI=1S/C23H21ClN4O.C22H17Cl2N3O.2C22H18ClN5O3.C22H19ClN4O.O2S/c1-14-13-25-16(3)27-22(14)26-15(2)20-12-17-8-7-11-19(24)21(17)23(29)28(20)18-9-5-4-6-10-18;1-14(26-20-13-16(23)10-11-25-20)19-12-15-6-5-9-18(24)21(15)22(28)27(19)17-7-3-2-4-8-17;2*1-13(25-21-19(28(30)31)12-24-14(2)26-21)18-11-15-7-6-10-17(23)20(15)22(29)27(18)16-8-4-3-5-9-16;1-14(26-20-13-16(24)10-11-25-20)19-12-15-6-5-9-18(23)21(15)22(28)27(19)17-7-3-2-4-8-17;1-3-2/h4-13,15H,1-3H3,(H,25,26,27);2-14H,1H3,(H,25,26);2*3-13H,1-2H3,(H,24,25,26);2-14H,1H3,(H3,24,25,26);/t15-;14-;2*13-;14-;/m00000./s1. The van der Waals surface area contributed by atoms with E-state index in [2.05, 4.69) is 66.5 Å². The van der Waals surface area contributed by atoms with Gasteiger partial charge >= 0.3 is 22.9 Å². The molecule has 0 radical (unpaired) electrons. The summed E-state index contributed by atoms with van der Waals surface area (Å²) in [6.45, 7) is 16.7. The number of aryl methyl sites for hydroxylation is 4. The summed E-state index contributed by atoms with van der Waals surface area (Å²) in [5.41, 5.74) is 13.2. The number of nitro groups is 2. The van der Waals surface area contributed by atoms with Gasteiger partial charge in [-0.3, -0.25) is 67.0 Å². The lowest BCUT2D eigenvalue weighted by molar-refractivity contribution is -0.384. The zero-order chi connectivity index (χ0) is 107. The van der Waals surface area contributed by atoms with Gasteiger partial charge in [-0.25, -0.2) is 39.9 Å². The minimum atomic E-state index is -0.750. The molecule has 0 aliphatic rings. The number of aromatic nitrogens is 13. The Labute approximate surface area is 890 Å². The van der Waals surface area contributed by atoms with Crippen molar-refractivity contribution in [2.24, 2.45) is 0 Å². The first-order valence-electron chi connectivity index (χ1n) is 46.5. The van der Waals surface area contributed by atoms with E-state index in [0.717, 1.165) is 61.7 Å². The third kappa shape index (κ3) is 24.6. The van der Waals surface area contributed by atoms with Gasteiger partial charge in [-0.05, 0) is 229 Å². The second-order valence-electron chi connectivity index (χ2n) is 34.2. The number of nitrogens with one attached hydrogen (secondary N) is 5. The SMILES string of the molecule is C[C@H](Nc1cc(Cl)ccn1)c1cc2cccc(Cl)c2c(=O)n1-c1ccccc1.C[C@H](Nc1cc(N)ccn1)c1cc2cccc(Cl)c2c(=O)n1-c1ccccc1.Cc1ncc(C)c(N[C@@H](C)c2cc3cccc(Cl)c3c(=O)n2-c2ccccc2)n1.Cc1ncc([N+](=O)[O-])c(N[C@@H](C)c2cc3cccc(Cl)c3c(=O)n2-c2ccccc2)n1.Cc1ncc([N+](=O)[O-])c(N[C@@H](C)c2cc3cccc(Cl)c3c(=O)n2-c2ccccc2)n1.O=S=O. The quantitative estimate of drug-likeness (QED) is 0.0271. The van der Waals surface area contributed by atoms with Crippen molar-refractivity contribution in [2.75, 3.05) is 32.3 Å². The van der Waals surface area contributed by atoms with Gasteiger partial charge in [0.2, 0.25) is 11.6 Å². The lowest BCUT2D eigenvalue weighted by Crippen LogP contribution is -2.26. The number of hydrogen-bond donors (Lipinski definition) is 6. The van der Waals surface area contributed by atoms with Crippen LogP contribution in [0.5, 0.6) is 0 Å². The monoisotopic (exact) mass is 2140 g/mol. The summed E-state index contributed by atoms with van der Waals surface area (Å²) in [4.78, 5) is 123. The van der Waals surface area contributed by atoms with Gasteiger partial charge in [0.1, 0.15) is 47.3 Å². The highest BCUT2D eigenvalue weighted by atomic mass is 35.5. The Kier molecular flexibility index (Phi) is 34.7. The first-order valence-corrected chi connectivity index (χ1v) is 49.4. The van der Waals surface area contributed by atoms with E-state index >= 15 is 0 Å². The molecule has 20 rings (SSSR count). The molecule has 32 nitrogen and oxygen atoms in total. The molecule has 0 bridgehead atoms. The number of hydrogen-bond acceptors (Lipinski definition) is 25. The Morgan fingerprint density at radius 1 is 0.307 bits per heavy atom. The molecule has 10 heterocycles. The third-order valence-electron chi connectivity index (χ3n) is 24.0. The van der Waals surface area contributed by atoms with Gasteiger partial charge < -0.3 is 32.3 Å². The van der Waals surface area contributed by atoms with Crippen LogP contribution >= 0.6 is 69.6 Å². The van der Waals surface area contributed by atoms with Crippen molar-refractivity contribution in [3.05, 3.63) is 482 Å². The number of halogens is 6. The molecule has 10 aromatic heterocycles. The molecule has 39 heteroatoms. The minimum absolute atomic E-state index is 0.0863. The van der Waals surface area contributed by atoms with Crippen molar-refractivity contribution in [1.82, 2.24) is 62.7 Å². The van der Waals surface area contributed by atoms with E-state index in [0.29, 0.717) is 125 Å². The van der Waals surface area contributed by atoms with E-state index in [4.69, 9.17) is 83.8 Å². The van der Waals surface area contributed by atoms with Gasteiger partial charge in [0, 0.05) is 97.8 Å². The molecular weight excluding hydrogens is 2050 g/mol. The molecule has 0 saturated carbocycles. The summed E-state index contributed by atoms with van der Waals surface area (Å²) in [6.07, 6.45) is 7.42. The number of rotatable bonds is 22. The third-order valence-corrected chi connectivity index (χ3v) is 25.8. The Bertz CT molecular complexity index is 8430. The summed E-state index contributed by atoms with van der Waals surface area (Å²) >= 11 is 37.1. The second kappa shape index (κ2) is 48.5. The van der Waals surface area contributed by atoms with Crippen molar-refractivity contribution in [1.29, 1.82) is 0 Å². The molecule has 20 aromatic rings. The topological polar surface area (TPSA) is 420 Å². The smallest absolute Gasteiger partial charge is 0.335 e. The molecule has 0 saturated heterocycles. The highest BCUT2D eigenvalue weighted by Gasteiger charge is 2.29. The molecule has 150 heavy (non-hydrogen) atoms. The molecule has 0 amide bonds. The molecule has 10 aromatic carbocycles. The zero-order valence-corrected chi connectivity index (χ0v) is 86.9. The van der Waals surface area contributed by atoms with Crippen LogP contribution in [0.15, 0.2) is 352 Å². The van der Waals surface area contributed by atoms with E-state index in [9.17, 15) is 44.2 Å². The minimum Gasteiger partial charge on any atom is -0.399 e. The Morgan fingerprint density at radius 2 is 0.547 bits per heavy atom. The van der Waals surface area contributed by atoms with Crippen LogP contribution in [0.4, 0.5) is 46.2 Å². The average molecular weight is 2140 g/mol. The fourth-order valence-corrected chi connectivity index (χ4v) is 18.5. The zero-order valence-electron chi connectivity index (χ0n) is 81.5. The second-order valence-corrected chi connectivity index (χ2v) is 36.9. The van der Waals surface area contributed by atoms with Gasteiger partial charge in [0.05, 0.1) is 92.1 Å². The molecule has 0 unspecified atom stereocenters. The van der Waals surface area contributed by atoms with E-state index in [1.807, 2.05) is 279 Å². The van der Waals surface area contributed by atoms with Gasteiger partial charge in [-0.1, -0.05) is 221 Å². The van der Waals surface area contributed by atoms with E-state index in [1.54, 1.807) is 122 Å². The van der Waals surface area contributed by atoms with Crippen LogP contribution in [0.1, 0.15) is 116 Å². The number of nitrogen functional groups attached to an aromatic ring is 1. The molecule has 0 aliphatic heterocycles. The predicted octanol–water partition coefficient (Wildman–Crippen LogP) is 24.9. The fourth-order valence-electron chi connectivity index (χ4n) is 17.0. The largest absolute Gasteiger partial charge is 0.399 e. The van der Waals surface area contributed by atoms with Crippen molar-refractivity contribution in [3.63, 3.8) is 0 Å². The van der Waals surface area contributed by atoms with Crippen LogP contribution in [0.2, 0.25) is 30.1 Å². The van der Waals surface area contributed by atoms with Crippen LogP contribution in [-0.2, 0) is 11.6 Å². The van der Waals surface area contributed by atoms with Crippen LogP contribution in [0.3, 0.4) is 0 Å². The number of benzene rings is 10. The molecule has 5 atom stereocenters. The molecule has 0 fully saturated rings. The summed E-state index contributed by atoms with van der Waals surface area (Å²) in [7, 11) is 0. The Morgan fingerprint density at radius 3 is 0.807 bits per heavy atom. The fraction of sp³-hybridized carbons (Fsp3) is 0.126. The van der Waals surface area contributed by atoms with Gasteiger partial charge in [0.15, 0.2) is 0 Å². The predicted molar refractivity (Wildman–Crippen MR) is 598 cm³/mol. The maximum absolute atomic E-state index is 13.5. The number of nitrogens with two attached hydrogens (primary N) is 1. The number of nitrogens with zero attached hydrogens (tertiary/aromatic N) is 15. The average Bonchev–Trinajstić information content (AvgIpc) is 0.787. The van der Waals surface area contributed by atoms with Crippen molar-refractivity contribution >= 4 is 181 Å². The number of fused-ring (bicyclic) bond motifs is 5. The highest BCUT2D eigenvalue weighted by Crippen LogP contribution is 2.37. The Balaban J connectivity index is 0.000000139. The molecule has 0 aliphatic carbocycles. The molecule has 7 N–H and O–H groups in total. The van der Waals surface area contributed by atoms with Gasteiger partial charge in [-0.15, -0.1) is 0 Å². The maximum atomic E-state index is 13.5. The molecular formula is C111H93Cl6N21O11S. The Hall–Kier alpha value is -17.1. The lowest BCUT2D eigenvalue weighted by Gasteiger charge is -2.22. The summed E-state index contributed by atoms with van der Waals surface area (Å²) < 4.78 is 24.8. The molecule has 756 valence electrons. The van der Waals surface area contributed by atoms with Crippen LogP contribution < -0.4 is 60.1 Å². The first kappa shape index (κ1) is 107.